The van der Waals surface area contributed by atoms with E-state index >= 15 is 0 Å². The normalized spacial score (nSPS) is 16.0. The minimum absolute atomic E-state index is 0.444. The van der Waals surface area contributed by atoms with Gasteiger partial charge in [0.1, 0.15) is 0 Å². The Morgan fingerprint density at radius 3 is 2.72 bits per heavy atom. The fraction of sp³-hybridized carbons (Fsp3) is 0.625. The van der Waals surface area contributed by atoms with Crippen molar-refractivity contribution >= 4 is 0 Å². The standard InChI is InChI=1S/C16H26N2/c1-12(2)16(11-17)18-9-8-13-6-7-14-4-3-5-15(14)10-13/h6-7,10,12,16,18H,3-5,8-9,11,17H2,1-2H3. The van der Waals surface area contributed by atoms with Gasteiger partial charge in [0.25, 0.3) is 0 Å². The molecular weight excluding hydrogens is 220 g/mol. The molecule has 3 N–H and O–H groups in total. The molecule has 18 heavy (non-hydrogen) atoms. The van der Waals surface area contributed by atoms with Gasteiger partial charge in [-0.1, -0.05) is 32.0 Å². The summed E-state index contributed by atoms with van der Waals surface area (Å²) in [5, 5.41) is 3.56. The van der Waals surface area contributed by atoms with Gasteiger partial charge in [0.15, 0.2) is 0 Å². The van der Waals surface area contributed by atoms with Gasteiger partial charge in [0.2, 0.25) is 0 Å². The quantitative estimate of drug-likeness (QED) is 0.808. The largest absolute Gasteiger partial charge is 0.329 e. The van der Waals surface area contributed by atoms with Crippen LogP contribution in [0.5, 0.6) is 0 Å². The van der Waals surface area contributed by atoms with Crippen molar-refractivity contribution in [3.05, 3.63) is 34.9 Å². The van der Waals surface area contributed by atoms with Gasteiger partial charge in [-0.25, -0.2) is 0 Å². The van der Waals surface area contributed by atoms with Crippen LogP contribution >= 0.6 is 0 Å². The number of nitrogens with one attached hydrogen (secondary N) is 1. The van der Waals surface area contributed by atoms with E-state index in [-0.39, 0.29) is 0 Å². The van der Waals surface area contributed by atoms with Gasteiger partial charge in [0.05, 0.1) is 0 Å². The third kappa shape index (κ3) is 3.33. The highest BCUT2D eigenvalue weighted by Crippen LogP contribution is 2.22. The Kier molecular flexibility index (Phi) is 4.79. The lowest BCUT2D eigenvalue weighted by Crippen LogP contribution is -2.41. The zero-order valence-corrected chi connectivity index (χ0v) is 11.7. The summed E-state index contributed by atoms with van der Waals surface area (Å²) < 4.78 is 0. The molecule has 0 fully saturated rings. The van der Waals surface area contributed by atoms with Crippen LogP contribution in [0.3, 0.4) is 0 Å². The number of nitrogens with two attached hydrogens (primary N) is 1. The summed E-state index contributed by atoms with van der Waals surface area (Å²) in [6, 6.07) is 7.45. The van der Waals surface area contributed by atoms with Gasteiger partial charge in [-0.15, -0.1) is 0 Å². The summed E-state index contributed by atoms with van der Waals surface area (Å²) in [6.45, 7) is 6.19. The van der Waals surface area contributed by atoms with Crippen molar-refractivity contribution in [1.82, 2.24) is 5.32 Å². The molecule has 0 heterocycles. The lowest BCUT2D eigenvalue weighted by atomic mass is 10.0. The third-order valence-electron chi connectivity index (χ3n) is 4.04. The van der Waals surface area contributed by atoms with E-state index in [4.69, 9.17) is 5.73 Å². The highest BCUT2D eigenvalue weighted by Gasteiger charge is 2.12. The molecule has 0 radical (unpaired) electrons. The van der Waals surface area contributed by atoms with Crippen molar-refractivity contribution in [2.75, 3.05) is 13.1 Å². The van der Waals surface area contributed by atoms with Gasteiger partial charge < -0.3 is 11.1 Å². The lowest BCUT2D eigenvalue weighted by Gasteiger charge is -2.20. The molecule has 0 spiro atoms. The number of fused-ring (bicyclic) bond motifs is 1. The van der Waals surface area contributed by atoms with Gasteiger partial charge in [-0.3, -0.25) is 0 Å². The fourth-order valence-electron chi connectivity index (χ4n) is 2.77. The van der Waals surface area contributed by atoms with Crippen LogP contribution in [0.15, 0.2) is 18.2 Å². The number of rotatable bonds is 6. The zero-order chi connectivity index (χ0) is 13.0. The molecule has 0 bridgehead atoms. The van der Waals surface area contributed by atoms with E-state index in [0.717, 1.165) is 19.5 Å². The summed E-state index contributed by atoms with van der Waals surface area (Å²) in [5.74, 6) is 0.607. The van der Waals surface area contributed by atoms with Crippen molar-refractivity contribution in [3.63, 3.8) is 0 Å². The van der Waals surface area contributed by atoms with E-state index in [9.17, 15) is 0 Å². The van der Waals surface area contributed by atoms with Crippen LogP contribution in [0.2, 0.25) is 0 Å². The summed E-state index contributed by atoms with van der Waals surface area (Å²) in [7, 11) is 0. The molecule has 1 atom stereocenters. The predicted molar refractivity (Wildman–Crippen MR) is 77.9 cm³/mol. The fourth-order valence-corrected chi connectivity index (χ4v) is 2.77. The second-order valence-electron chi connectivity index (χ2n) is 5.75. The van der Waals surface area contributed by atoms with Crippen molar-refractivity contribution in [1.29, 1.82) is 0 Å². The first-order valence-corrected chi connectivity index (χ1v) is 7.25. The van der Waals surface area contributed by atoms with E-state index < -0.39 is 0 Å². The van der Waals surface area contributed by atoms with E-state index in [1.807, 2.05) is 0 Å². The van der Waals surface area contributed by atoms with Crippen LogP contribution in [0.25, 0.3) is 0 Å². The summed E-state index contributed by atoms with van der Waals surface area (Å²) in [6.07, 6.45) is 4.99. The van der Waals surface area contributed by atoms with Gasteiger partial charge in [-0.05, 0) is 54.8 Å². The molecular formula is C16H26N2. The Morgan fingerprint density at radius 1 is 1.22 bits per heavy atom. The smallest absolute Gasteiger partial charge is 0.0213 e. The topological polar surface area (TPSA) is 38.0 Å². The molecule has 1 aromatic rings. The first kappa shape index (κ1) is 13.6. The molecule has 1 aliphatic carbocycles. The Hall–Kier alpha value is -0.860. The molecule has 0 aliphatic heterocycles. The molecule has 2 heteroatoms. The monoisotopic (exact) mass is 246 g/mol. The maximum atomic E-state index is 5.76. The Balaban J connectivity index is 1.83. The van der Waals surface area contributed by atoms with Crippen LogP contribution < -0.4 is 11.1 Å². The molecule has 0 saturated heterocycles. The highest BCUT2D eigenvalue weighted by atomic mass is 14.9. The van der Waals surface area contributed by atoms with Gasteiger partial charge >= 0.3 is 0 Å². The number of benzene rings is 1. The SMILES string of the molecule is CC(C)C(CN)NCCc1ccc2c(c1)CCC2. The van der Waals surface area contributed by atoms with Crippen molar-refractivity contribution in [2.45, 2.75) is 45.6 Å². The maximum absolute atomic E-state index is 5.76. The first-order chi connectivity index (χ1) is 8.70. The third-order valence-corrected chi connectivity index (χ3v) is 4.04. The minimum atomic E-state index is 0.444. The average Bonchev–Trinajstić information content (AvgIpc) is 2.81. The second-order valence-corrected chi connectivity index (χ2v) is 5.75. The molecule has 2 nitrogen and oxygen atoms in total. The van der Waals surface area contributed by atoms with Gasteiger partial charge in [0, 0.05) is 12.6 Å². The lowest BCUT2D eigenvalue weighted by molar-refractivity contribution is 0.409. The highest BCUT2D eigenvalue weighted by molar-refractivity contribution is 5.35. The number of hydrogen-bond donors (Lipinski definition) is 2. The Bertz CT molecular complexity index is 385. The van der Waals surface area contributed by atoms with Crippen molar-refractivity contribution in [2.24, 2.45) is 11.7 Å². The van der Waals surface area contributed by atoms with Crippen LogP contribution in [0.4, 0.5) is 0 Å². The predicted octanol–water partition coefficient (Wildman–Crippen LogP) is 2.29. The Morgan fingerprint density at radius 2 is 2.00 bits per heavy atom. The number of hydrogen-bond acceptors (Lipinski definition) is 2. The summed E-state index contributed by atoms with van der Waals surface area (Å²) in [5.41, 5.74) is 10.4. The summed E-state index contributed by atoms with van der Waals surface area (Å²) >= 11 is 0. The van der Waals surface area contributed by atoms with Crippen molar-refractivity contribution < 1.29 is 0 Å². The van der Waals surface area contributed by atoms with Crippen LogP contribution in [-0.4, -0.2) is 19.1 Å². The van der Waals surface area contributed by atoms with E-state index in [1.165, 1.54) is 24.8 Å². The van der Waals surface area contributed by atoms with Crippen molar-refractivity contribution in [3.8, 4) is 0 Å². The maximum Gasteiger partial charge on any atom is 0.0213 e. The van der Waals surface area contributed by atoms with E-state index in [1.54, 1.807) is 11.1 Å². The van der Waals surface area contributed by atoms with Crippen LogP contribution in [0, 0.1) is 5.92 Å². The first-order valence-electron chi connectivity index (χ1n) is 7.25. The van der Waals surface area contributed by atoms with Crippen LogP contribution in [0.1, 0.15) is 37.0 Å². The molecule has 0 amide bonds. The molecule has 1 aromatic carbocycles. The molecule has 100 valence electrons. The number of aryl methyl sites for hydroxylation is 2. The molecule has 1 unspecified atom stereocenters. The Labute approximate surface area is 111 Å². The minimum Gasteiger partial charge on any atom is -0.329 e. The molecule has 0 saturated carbocycles. The zero-order valence-electron chi connectivity index (χ0n) is 11.7. The molecule has 2 rings (SSSR count). The van der Waals surface area contributed by atoms with Crippen LogP contribution in [-0.2, 0) is 19.3 Å². The van der Waals surface area contributed by atoms with E-state index in [0.29, 0.717) is 12.0 Å². The van der Waals surface area contributed by atoms with E-state index in [2.05, 4.69) is 37.4 Å². The van der Waals surface area contributed by atoms with Gasteiger partial charge in [-0.2, -0.15) is 0 Å². The average molecular weight is 246 g/mol. The second kappa shape index (κ2) is 6.35. The molecule has 1 aliphatic rings. The molecule has 0 aromatic heterocycles. The summed E-state index contributed by atoms with van der Waals surface area (Å²) in [4.78, 5) is 0.